The molecule has 1 aliphatic rings. The van der Waals surface area contributed by atoms with Crippen molar-refractivity contribution in [2.24, 2.45) is 0 Å². The van der Waals surface area contributed by atoms with Crippen LogP contribution in [0.4, 0.5) is 0 Å². The molecule has 0 bridgehead atoms. The number of rotatable bonds is 1. The molecule has 18 heavy (non-hydrogen) atoms. The highest BCUT2D eigenvalue weighted by atomic mass is 16.5. The predicted octanol–water partition coefficient (Wildman–Crippen LogP) is 1.55. The van der Waals surface area contributed by atoms with Crippen molar-refractivity contribution in [3.05, 3.63) is 39.7 Å². The van der Waals surface area contributed by atoms with Gasteiger partial charge in [0.2, 0.25) is 0 Å². The molecule has 0 spiro atoms. The molecule has 1 aromatic heterocycles. The molecule has 2 heterocycles. The zero-order valence-corrected chi connectivity index (χ0v) is 9.53. The van der Waals surface area contributed by atoms with Crippen LogP contribution in [0.5, 0.6) is 5.75 Å². The third kappa shape index (κ3) is 1.55. The molecule has 0 saturated carbocycles. The van der Waals surface area contributed by atoms with Crippen LogP contribution in [0.3, 0.4) is 0 Å². The Labute approximate surface area is 102 Å². The van der Waals surface area contributed by atoms with E-state index in [0.29, 0.717) is 17.9 Å². The second-order valence-electron chi connectivity index (χ2n) is 4.28. The lowest BCUT2D eigenvalue weighted by Gasteiger charge is -2.18. The van der Waals surface area contributed by atoms with E-state index in [2.05, 4.69) is 4.98 Å². The highest BCUT2D eigenvalue weighted by molar-refractivity contribution is 5.94. The number of aromatic nitrogens is 1. The number of ether oxygens (including phenoxy) is 1. The Kier molecular flexibility index (Phi) is 2.33. The Bertz CT molecular complexity index is 702. The molecule has 0 aliphatic carbocycles. The maximum absolute atomic E-state index is 11.8. The Morgan fingerprint density at radius 1 is 1.39 bits per heavy atom. The third-order valence-electron chi connectivity index (χ3n) is 3.14. The normalized spacial score (nSPS) is 14.0. The van der Waals surface area contributed by atoms with Crippen molar-refractivity contribution < 1.29 is 14.6 Å². The van der Waals surface area contributed by atoms with Crippen molar-refractivity contribution in [2.75, 3.05) is 6.61 Å². The van der Waals surface area contributed by atoms with Crippen molar-refractivity contribution in [1.82, 2.24) is 4.98 Å². The van der Waals surface area contributed by atoms with E-state index in [4.69, 9.17) is 9.84 Å². The Morgan fingerprint density at radius 3 is 3.00 bits per heavy atom. The Hall–Kier alpha value is -2.30. The van der Waals surface area contributed by atoms with Gasteiger partial charge in [-0.15, -0.1) is 0 Å². The van der Waals surface area contributed by atoms with Crippen LogP contribution < -0.4 is 10.3 Å². The van der Waals surface area contributed by atoms with Gasteiger partial charge in [-0.1, -0.05) is 6.07 Å². The summed E-state index contributed by atoms with van der Waals surface area (Å²) in [5.41, 5.74) is 1.29. The molecule has 92 valence electrons. The molecule has 1 aliphatic heterocycles. The Balaban J connectivity index is 2.33. The number of aryl methyl sites for hydroxylation is 1. The second kappa shape index (κ2) is 3.87. The van der Waals surface area contributed by atoms with E-state index in [1.54, 1.807) is 6.07 Å². The highest BCUT2D eigenvalue weighted by Crippen LogP contribution is 2.28. The molecule has 0 atom stereocenters. The number of aromatic carboxylic acids is 1. The van der Waals surface area contributed by atoms with Gasteiger partial charge in [-0.3, -0.25) is 4.79 Å². The summed E-state index contributed by atoms with van der Waals surface area (Å²) in [6.45, 7) is 0.550. The molecule has 5 nitrogen and oxygen atoms in total. The van der Waals surface area contributed by atoms with E-state index in [0.717, 1.165) is 23.8 Å². The molecule has 5 heteroatoms. The zero-order valence-electron chi connectivity index (χ0n) is 9.53. The van der Waals surface area contributed by atoms with Crippen LogP contribution in [0.25, 0.3) is 10.9 Å². The summed E-state index contributed by atoms with van der Waals surface area (Å²) < 4.78 is 5.38. The summed E-state index contributed by atoms with van der Waals surface area (Å²) in [6, 6.07) is 4.74. The fourth-order valence-corrected chi connectivity index (χ4v) is 2.31. The number of aromatic amines is 1. The van der Waals surface area contributed by atoms with Gasteiger partial charge >= 0.3 is 5.97 Å². The second-order valence-corrected chi connectivity index (χ2v) is 4.28. The SMILES string of the molecule is O=C(O)c1ccc2c3c(c(=O)[nH]c2c1)OCCC3. The van der Waals surface area contributed by atoms with Gasteiger partial charge in [0.05, 0.1) is 12.2 Å². The van der Waals surface area contributed by atoms with E-state index in [-0.39, 0.29) is 11.1 Å². The quantitative estimate of drug-likeness (QED) is 0.798. The van der Waals surface area contributed by atoms with Gasteiger partial charge in [-0.2, -0.15) is 0 Å². The molecule has 0 fully saturated rings. The minimum Gasteiger partial charge on any atom is -0.488 e. The lowest BCUT2D eigenvalue weighted by molar-refractivity contribution is 0.0697. The smallest absolute Gasteiger partial charge is 0.335 e. The first kappa shape index (κ1) is 10.8. The maximum atomic E-state index is 11.8. The number of carboxylic acid groups (broad SMARTS) is 1. The molecule has 2 N–H and O–H groups in total. The zero-order chi connectivity index (χ0) is 12.7. The summed E-state index contributed by atoms with van der Waals surface area (Å²) in [5, 5.41) is 9.79. The number of carbonyl (C=O) groups is 1. The van der Waals surface area contributed by atoms with Crippen molar-refractivity contribution in [3.8, 4) is 5.75 Å². The van der Waals surface area contributed by atoms with Crippen LogP contribution in [0.1, 0.15) is 22.3 Å². The van der Waals surface area contributed by atoms with Crippen LogP contribution in [-0.4, -0.2) is 22.7 Å². The van der Waals surface area contributed by atoms with Crippen LogP contribution >= 0.6 is 0 Å². The van der Waals surface area contributed by atoms with Crippen molar-refractivity contribution >= 4 is 16.9 Å². The van der Waals surface area contributed by atoms with E-state index < -0.39 is 5.97 Å². The van der Waals surface area contributed by atoms with Crippen molar-refractivity contribution in [1.29, 1.82) is 0 Å². The largest absolute Gasteiger partial charge is 0.488 e. The number of pyridine rings is 1. The first-order chi connectivity index (χ1) is 8.66. The molecular formula is C13H11NO4. The molecule has 0 radical (unpaired) electrons. The summed E-state index contributed by atoms with van der Waals surface area (Å²) in [4.78, 5) is 25.4. The first-order valence-corrected chi connectivity index (χ1v) is 5.72. The lowest BCUT2D eigenvalue weighted by atomic mass is 10.0. The average molecular weight is 245 g/mol. The predicted molar refractivity (Wildman–Crippen MR) is 65.3 cm³/mol. The summed E-state index contributed by atoms with van der Waals surface area (Å²) in [5.74, 6) is -0.636. The number of fused-ring (bicyclic) bond motifs is 3. The fourth-order valence-electron chi connectivity index (χ4n) is 2.31. The lowest BCUT2D eigenvalue weighted by Crippen LogP contribution is -2.19. The average Bonchev–Trinajstić information content (AvgIpc) is 2.38. The van der Waals surface area contributed by atoms with Crippen molar-refractivity contribution in [3.63, 3.8) is 0 Å². The summed E-state index contributed by atoms with van der Waals surface area (Å²) >= 11 is 0. The number of nitrogens with one attached hydrogen (secondary N) is 1. The van der Waals surface area contributed by atoms with Gasteiger partial charge in [-0.05, 0) is 25.0 Å². The highest BCUT2D eigenvalue weighted by Gasteiger charge is 2.18. The molecule has 2 aromatic rings. The standard InChI is InChI=1S/C13H11NO4/c15-12-11-9(2-1-5-18-11)8-4-3-7(13(16)17)6-10(8)14-12/h3-4,6H,1-2,5H2,(H,14,15)(H,16,17). The minimum atomic E-state index is -1.01. The molecular weight excluding hydrogens is 234 g/mol. The molecule has 1 aromatic carbocycles. The van der Waals surface area contributed by atoms with Gasteiger partial charge in [0.15, 0.2) is 5.75 Å². The number of benzene rings is 1. The molecule has 0 saturated heterocycles. The van der Waals surface area contributed by atoms with Crippen LogP contribution in [0.2, 0.25) is 0 Å². The van der Waals surface area contributed by atoms with Crippen LogP contribution in [0, 0.1) is 0 Å². The minimum absolute atomic E-state index is 0.162. The van der Waals surface area contributed by atoms with E-state index in [9.17, 15) is 9.59 Å². The number of hydrogen-bond donors (Lipinski definition) is 2. The van der Waals surface area contributed by atoms with Crippen LogP contribution in [-0.2, 0) is 6.42 Å². The maximum Gasteiger partial charge on any atom is 0.335 e. The molecule has 0 amide bonds. The summed E-state index contributed by atoms with van der Waals surface area (Å²) in [7, 11) is 0. The van der Waals surface area contributed by atoms with Gasteiger partial charge in [0.1, 0.15) is 0 Å². The Morgan fingerprint density at radius 2 is 2.22 bits per heavy atom. The van der Waals surface area contributed by atoms with Gasteiger partial charge in [0.25, 0.3) is 5.56 Å². The molecule has 3 rings (SSSR count). The first-order valence-electron chi connectivity index (χ1n) is 5.72. The molecule has 0 unspecified atom stereocenters. The third-order valence-corrected chi connectivity index (χ3v) is 3.14. The number of hydrogen-bond acceptors (Lipinski definition) is 3. The number of H-pyrrole nitrogens is 1. The van der Waals surface area contributed by atoms with Gasteiger partial charge < -0.3 is 14.8 Å². The summed E-state index contributed by atoms with van der Waals surface area (Å²) in [6.07, 6.45) is 1.65. The fraction of sp³-hybridized carbons (Fsp3) is 0.231. The van der Waals surface area contributed by atoms with Gasteiger partial charge in [-0.25, -0.2) is 4.79 Å². The van der Waals surface area contributed by atoms with E-state index in [1.807, 2.05) is 0 Å². The number of carboxylic acids is 1. The monoisotopic (exact) mass is 245 g/mol. The van der Waals surface area contributed by atoms with Crippen molar-refractivity contribution in [2.45, 2.75) is 12.8 Å². The van der Waals surface area contributed by atoms with Gasteiger partial charge in [0, 0.05) is 16.5 Å². The van der Waals surface area contributed by atoms with Crippen LogP contribution in [0.15, 0.2) is 23.0 Å². The van der Waals surface area contributed by atoms with E-state index in [1.165, 1.54) is 12.1 Å². The topological polar surface area (TPSA) is 79.4 Å². The van der Waals surface area contributed by atoms with E-state index >= 15 is 0 Å².